The van der Waals surface area contributed by atoms with E-state index in [0.717, 1.165) is 11.6 Å². The van der Waals surface area contributed by atoms with Gasteiger partial charge in [0.25, 0.3) is 0 Å². The predicted molar refractivity (Wildman–Crippen MR) is 74.3 cm³/mol. The lowest BCUT2D eigenvalue weighted by atomic mass is 9.84. The van der Waals surface area contributed by atoms with Crippen LogP contribution < -0.4 is 10.1 Å². The molecule has 0 radical (unpaired) electrons. The Kier molecular flexibility index (Phi) is 4.34. The van der Waals surface area contributed by atoms with Gasteiger partial charge in [0, 0.05) is 17.8 Å². The smallest absolute Gasteiger partial charge is 0.160 e. The predicted octanol–water partition coefficient (Wildman–Crippen LogP) is 3.78. The molecular formula is C15H23NO2. The largest absolute Gasteiger partial charge is 0.504 e. The molecule has 1 aromatic carbocycles. The van der Waals surface area contributed by atoms with Crippen molar-refractivity contribution in [3.8, 4) is 11.5 Å². The number of methoxy groups -OCH3 is 1. The van der Waals surface area contributed by atoms with E-state index in [1.807, 2.05) is 6.07 Å². The van der Waals surface area contributed by atoms with Crippen molar-refractivity contribution in [2.24, 2.45) is 5.92 Å². The number of ether oxygens (including phenoxy) is 1. The molecule has 0 saturated heterocycles. The van der Waals surface area contributed by atoms with Crippen molar-refractivity contribution < 1.29 is 9.84 Å². The van der Waals surface area contributed by atoms with Gasteiger partial charge in [-0.05, 0) is 30.9 Å². The zero-order valence-electron chi connectivity index (χ0n) is 11.3. The summed E-state index contributed by atoms with van der Waals surface area (Å²) in [7, 11) is 1.56. The Morgan fingerprint density at radius 2 is 2.22 bits per heavy atom. The van der Waals surface area contributed by atoms with Crippen molar-refractivity contribution in [3.05, 3.63) is 18.2 Å². The van der Waals surface area contributed by atoms with Gasteiger partial charge >= 0.3 is 0 Å². The van der Waals surface area contributed by atoms with E-state index in [1.165, 1.54) is 32.1 Å². The van der Waals surface area contributed by atoms with Crippen LogP contribution >= 0.6 is 0 Å². The standard InChI is InChI=1S/C15H23NO2/c1-3-11-5-4-6-12(9-11)16-13-7-8-15(18-2)14(17)10-13/h7-8,10-12,16-17H,3-6,9H2,1-2H3. The van der Waals surface area contributed by atoms with Crippen LogP contribution in [0.5, 0.6) is 11.5 Å². The number of aromatic hydroxyl groups is 1. The molecule has 100 valence electrons. The Morgan fingerprint density at radius 1 is 1.39 bits per heavy atom. The number of phenols is 1. The highest BCUT2D eigenvalue weighted by molar-refractivity contribution is 5.54. The van der Waals surface area contributed by atoms with Crippen molar-refractivity contribution in [1.29, 1.82) is 0 Å². The molecule has 0 heterocycles. The fourth-order valence-electron chi connectivity index (χ4n) is 2.81. The molecule has 2 atom stereocenters. The SMILES string of the molecule is CCC1CCCC(Nc2ccc(OC)c(O)c2)C1. The van der Waals surface area contributed by atoms with Crippen LogP contribution in [0.1, 0.15) is 39.0 Å². The molecular weight excluding hydrogens is 226 g/mol. The van der Waals surface area contributed by atoms with E-state index in [4.69, 9.17) is 4.74 Å². The zero-order chi connectivity index (χ0) is 13.0. The van der Waals surface area contributed by atoms with Crippen LogP contribution in [-0.4, -0.2) is 18.3 Å². The van der Waals surface area contributed by atoms with Crippen molar-refractivity contribution in [1.82, 2.24) is 0 Å². The number of hydrogen-bond acceptors (Lipinski definition) is 3. The maximum absolute atomic E-state index is 9.75. The first-order valence-corrected chi connectivity index (χ1v) is 6.86. The van der Waals surface area contributed by atoms with Crippen LogP contribution in [0.2, 0.25) is 0 Å². The minimum Gasteiger partial charge on any atom is -0.504 e. The average Bonchev–Trinajstić information content (AvgIpc) is 2.39. The monoisotopic (exact) mass is 249 g/mol. The lowest BCUT2D eigenvalue weighted by molar-refractivity contribution is 0.327. The third kappa shape index (κ3) is 3.09. The first-order chi connectivity index (χ1) is 8.72. The van der Waals surface area contributed by atoms with Gasteiger partial charge < -0.3 is 15.2 Å². The van der Waals surface area contributed by atoms with E-state index in [-0.39, 0.29) is 5.75 Å². The van der Waals surface area contributed by atoms with Crippen molar-refractivity contribution in [2.75, 3.05) is 12.4 Å². The van der Waals surface area contributed by atoms with Gasteiger partial charge in [-0.2, -0.15) is 0 Å². The summed E-state index contributed by atoms with van der Waals surface area (Å²) >= 11 is 0. The second-order valence-corrected chi connectivity index (χ2v) is 5.17. The van der Waals surface area contributed by atoms with Gasteiger partial charge in [0.2, 0.25) is 0 Å². The Labute approximate surface area is 109 Å². The van der Waals surface area contributed by atoms with Crippen LogP contribution in [0.25, 0.3) is 0 Å². The summed E-state index contributed by atoms with van der Waals surface area (Å²) in [5, 5.41) is 13.3. The average molecular weight is 249 g/mol. The van der Waals surface area contributed by atoms with Crippen LogP contribution in [0.4, 0.5) is 5.69 Å². The quantitative estimate of drug-likeness (QED) is 0.853. The summed E-state index contributed by atoms with van der Waals surface area (Å²) in [6, 6.07) is 6.05. The van der Waals surface area contributed by atoms with Crippen molar-refractivity contribution in [3.63, 3.8) is 0 Å². The minimum atomic E-state index is 0.199. The van der Waals surface area contributed by atoms with E-state index in [0.29, 0.717) is 11.8 Å². The molecule has 3 heteroatoms. The lowest BCUT2D eigenvalue weighted by Gasteiger charge is -2.29. The molecule has 0 aromatic heterocycles. The minimum absolute atomic E-state index is 0.199. The summed E-state index contributed by atoms with van der Waals surface area (Å²) in [6.07, 6.45) is 6.40. The Balaban J connectivity index is 1.98. The van der Waals surface area contributed by atoms with E-state index < -0.39 is 0 Å². The number of rotatable bonds is 4. The van der Waals surface area contributed by atoms with Crippen molar-refractivity contribution in [2.45, 2.75) is 45.1 Å². The Bertz CT molecular complexity index is 392. The van der Waals surface area contributed by atoms with Gasteiger partial charge in [-0.25, -0.2) is 0 Å². The van der Waals surface area contributed by atoms with Gasteiger partial charge in [-0.15, -0.1) is 0 Å². The molecule has 0 spiro atoms. The summed E-state index contributed by atoms with van der Waals surface area (Å²) < 4.78 is 5.05. The second-order valence-electron chi connectivity index (χ2n) is 5.17. The molecule has 0 aliphatic heterocycles. The summed E-state index contributed by atoms with van der Waals surface area (Å²) in [5.74, 6) is 1.57. The number of anilines is 1. The molecule has 2 rings (SSSR count). The number of benzene rings is 1. The number of hydrogen-bond donors (Lipinski definition) is 2. The highest BCUT2D eigenvalue weighted by Gasteiger charge is 2.20. The van der Waals surface area contributed by atoms with E-state index in [2.05, 4.69) is 12.2 Å². The molecule has 2 N–H and O–H groups in total. The molecule has 2 unspecified atom stereocenters. The van der Waals surface area contributed by atoms with Gasteiger partial charge in [0.1, 0.15) is 0 Å². The second kappa shape index (κ2) is 5.98. The normalized spacial score (nSPS) is 23.7. The van der Waals surface area contributed by atoms with E-state index >= 15 is 0 Å². The van der Waals surface area contributed by atoms with Crippen LogP contribution in [-0.2, 0) is 0 Å². The maximum Gasteiger partial charge on any atom is 0.160 e. The van der Waals surface area contributed by atoms with Gasteiger partial charge in [-0.3, -0.25) is 0 Å². The third-order valence-electron chi connectivity index (χ3n) is 3.91. The first-order valence-electron chi connectivity index (χ1n) is 6.86. The molecule has 1 fully saturated rings. The summed E-state index contributed by atoms with van der Waals surface area (Å²) in [5.41, 5.74) is 0.982. The zero-order valence-corrected chi connectivity index (χ0v) is 11.3. The third-order valence-corrected chi connectivity index (χ3v) is 3.91. The van der Waals surface area contributed by atoms with Gasteiger partial charge in [-0.1, -0.05) is 26.2 Å². The highest BCUT2D eigenvalue weighted by atomic mass is 16.5. The lowest BCUT2D eigenvalue weighted by Crippen LogP contribution is -2.26. The highest BCUT2D eigenvalue weighted by Crippen LogP contribution is 2.32. The maximum atomic E-state index is 9.75. The molecule has 1 aliphatic rings. The molecule has 18 heavy (non-hydrogen) atoms. The van der Waals surface area contributed by atoms with Crippen LogP contribution in [0, 0.1) is 5.92 Å². The molecule has 1 saturated carbocycles. The summed E-state index contributed by atoms with van der Waals surface area (Å²) in [6.45, 7) is 2.27. The topological polar surface area (TPSA) is 41.5 Å². The molecule has 1 aromatic rings. The van der Waals surface area contributed by atoms with E-state index in [9.17, 15) is 5.11 Å². The van der Waals surface area contributed by atoms with E-state index in [1.54, 1.807) is 19.2 Å². The first kappa shape index (κ1) is 13.1. The molecule has 3 nitrogen and oxygen atoms in total. The summed E-state index contributed by atoms with van der Waals surface area (Å²) in [4.78, 5) is 0. The molecule has 0 amide bonds. The van der Waals surface area contributed by atoms with Crippen LogP contribution in [0.3, 0.4) is 0 Å². The number of nitrogens with one attached hydrogen (secondary N) is 1. The van der Waals surface area contributed by atoms with Crippen molar-refractivity contribution >= 4 is 5.69 Å². The number of phenolic OH excluding ortho intramolecular Hbond substituents is 1. The fraction of sp³-hybridized carbons (Fsp3) is 0.600. The van der Waals surface area contributed by atoms with Crippen LogP contribution in [0.15, 0.2) is 18.2 Å². The van der Waals surface area contributed by atoms with Gasteiger partial charge in [0.05, 0.1) is 7.11 Å². The Hall–Kier alpha value is -1.38. The fourth-order valence-corrected chi connectivity index (χ4v) is 2.81. The Morgan fingerprint density at radius 3 is 2.89 bits per heavy atom. The molecule has 1 aliphatic carbocycles. The van der Waals surface area contributed by atoms with Gasteiger partial charge in [0.15, 0.2) is 11.5 Å². The molecule has 0 bridgehead atoms.